The SMILES string of the molecule is CC1(C)Oc2ccc(C#N)cc2C(N=C(NC#N)c2ccncc2)C1O. The van der Waals surface area contributed by atoms with Crippen LogP contribution in [0.3, 0.4) is 0 Å². The summed E-state index contributed by atoms with van der Waals surface area (Å²) in [6, 6.07) is 9.82. The zero-order chi connectivity index (χ0) is 18.7. The van der Waals surface area contributed by atoms with Crippen LogP contribution in [0.1, 0.15) is 36.6 Å². The highest BCUT2D eigenvalue weighted by atomic mass is 16.5. The third-order valence-electron chi connectivity index (χ3n) is 4.24. The highest BCUT2D eigenvalue weighted by Gasteiger charge is 2.43. The van der Waals surface area contributed by atoms with Crippen molar-refractivity contribution in [3.63, 3.8) is 0 Å². The van der Waals surface area contributed by atoms with Crippen LogP contribution in [0.2, 0.25) is 0 Å². The quantitative estimate of drug-likeness (QED) is 0.372. The number of pyridine rings is 1. The number of nitrogens with one attached hydrogen (secondary N) is 1. The van der Waals surface area contributed by atoms with Gasteiger partial charge in [0, 0.05) is 23.5 Å². The first-order valence-corrected chi connectivity index (χ1v) is 8.00. The number of amidine groups is 1. The number of aliphatic hydroxyl groups is 1. The van der Waals surface area contributed by atoms with E-state index in [0.717, 1.165) is 0 Å². The molecule has 0 saturated carbocycles. The van der Waals surface area contributed by atoms with Gasteiger partial charge in [-0.15, -0.1) is 0 Å². The van der Waals surface area contributed by atoms with E-state index in [4.69, 9.17) is 10.00 Å². The molecule has 0 spiro atoms. The van der Waals surface area contributed by atoms with Crippen molar-refractivity contribution >= 4 is 5.84 Å². The molecule has 2 N–H and O–H groups in total. The average Bonchev–Trinajstić information content (AvgIpc) is 2.65. The summed E-state index contributed by atoms with van der Waals surface area (Å²) in [7, 11) is 0. The molecule has 0 radical (unpaired) electrons. The van der Waals surface area contributed by atoms with E-state index in [0.29, 0.717) is 28.3 Å². The van der Waals surface area contributed by atoms with Crippen LogP contribution in [-0.4, -0.2) is 27.6 Å². The van der Waals surface area contributed by atoms with E-state index in [1.165, 1.54) is 0 Å². The lowest BCUT2D eigenvalue weighted by molar-refractivity contribution is -0.0566. The van der Waals surface area contributed by atoms with Crippen LogP contribution in [0.5, 0.6) is 5.75 Å². The minimum absolute atomic E-state index is 0.310. The third-order valence-corrected chi connectivity index (χ3v) is 4.24. The Kier molecular flexibility index (Phi) is 4.57. The molecule has 1 aliphatic rings. The van der Waals surface area contributed by atoms with Crippen molar-refractivity contribution in [2.75, 3.05) is 0 Å². The van der Waals surface area contributed by atoms with Crippen molar-refractivity contribution in [2.24, 2.45) is 4.99 Å². The van der Waals surface area contributed by atoms with Gasteiger partial charge in [0.15, 0.2) is 6.19 Å². The second-order valence-electron chi connectivity index (χ2n) is 6.41. The maximum atomic E-state index is 10.8. The molecule has 0 bridgehead atoms. The Bertz CT molecular complexity index is 925. The minimum Gasteiger partial charge on any atom is -0.485 e. The molecule has 1 aliphatic heterocycles. The zero-order valence-corrected chi connectivity index (χ0v) is 14.3. The molecule has 2 aromatic rings. The van der Waals surface area contributed by atoms with Gasteiger partial charge in [0.25, 0.3) is 0 Å². The summed E-state index contributed by atoms with van der Waals surface area (Å²) in [6.45, 7) is 3.54. The van der Waals surface area contributed by atoms with Crippen LogP contribution in [0.4, 0.5) is 0 Å². The molecule has 2 heterocycles. The summed E-state index contributed by atoms with van der Waals surface area (Å²) >= 11 is 0. The molecule has 2 unspecified atom stereocenters. The minimum atomic E-state index is -0.971. The third kappa shape index (κ3) is 3.21. The lowest BCUT2D eigenvalue weighted by atomic mass is 9.86. The monoisotopic (exact) mass is 347 g/mol. The van der Waals surface area contributed by atoms with E-state index in [1.54, 1.807) is 56.6 Å². The van der Waals surface area contributed by atoms with Gasteiger partial charge in [0.1, 0.15) is 29.3 Å². The average molecular weight is 347 g/mol. The number of aliphatic imine (C=N–C) groups is 1. The molecule has 1 aromatic carbocycles. The van der Waals surface area contributed by atoms with E-state index < -0.39 is 17.7 Å². The predicted molar refractivity (Wildman–Crippen MR) is 94.1 cm³/mol. The zero-order valence-electron chi connectivity index (χ0n) is 14.3. The molecule has 0 aliphatic carbocycles. The van der Waals surface area contributed by atoms with Crippen LogP contribution < -0.4 is 10.1 Å². The van der Waals surface area contributed by atoms with Crippen LogP contribution in [0.25, 0.3) is 0 Å². The summed E-state index contributed by atoms with van der Waals surface area (Å²) < 4.78 is 5.88. The molecule has 0 fully saturated rings. The molecule has 26 heavy (non-hydrogen) atoms. The van der Waals surface area contributed by atoms with Crippen molar-refractivity contribution in [1.29, 1.82) is 10.5 Å². The van der Waals surface area contributed by atoms with Gasteiger partial charge < -0.3 is 9.84 Å². The number of hydrogen-bond donors (Lipinski definition) is 2. The molecule has 7 heteroatoms. The fraction of sp³-hybridized carbons (Fsp3) is 0.263. The molecule has 7 nitrogen and oxygen atoms in total. The number of rotatable bonds is 2. The number of aliphatic hydroxyl groups excluding tert-OH is 1. The molecule has 0 saturated heterocycles. The highest BCUT2D eigenvalue weighted by Crippen LogP contribution is 2.42. The van der Waals surface area contributed by atoms with Gasteiger partial charge in [0.05, 0.1) is 11.6 Å². The van der Waals surface area contributed by atoms with Crippen molar-refractivity contribution in [2.45, 2.75) is 31.6 Å². The van der Waals surface area contributed by atoms with Gasteiger partial charge in [0.2, 0.25) is 0 Å². The molecule has 130 valence electrons. The standard InChI is InChI=1S/C19H17N5O2/c1-19(2)17(25)16(14-9-12(10-20)3-4-15(14)26-19)24-18(23-11-21)13-5-7-22-8-6-13/h3-9,16-17,25H,1-2H3,(H,23,24). The lowest BCUT2D eigenvalue weighted by Crippen LogP contribution is -2.48. The topological polar surface area (TPSA) is 114 Å². The normalized spacial score (nSPS) is 20.9. The van der Waals surface area contributed by atoms with Gasteiger partial charge in [-0.05, 0) is 44.2 Å². The maximum absolute atomic E-state index is 10.8. The number of fused-ring (bicyclic) bond motifs is 1. The second-order valence-corrected chi connectivity index (χ2v) is 6.41. The van der Waals surface area contributed by atoms with E-state index in [9.17, 15) is 10.4 Å². The highest BCUT2D eigenvalue weighted by molar-refractivity contribution is 5.99. The summed E-state index contributed by atoms with van der Waals surface area (Å²) in [5, 5.41) is 31.7. The van der Waals surface area contributed by atoms with E-state index in [1.807, 2.05) is 6.19 Å². The van der Waals surface area contributed by atoms with E-state index in [2.05, 4.69) is 21.4 Å². The number of ether oxygens (including phenoxy) is 1. The molecule has 1 aromatic heterocycles. The van der Waals surface area contributed by atoms with Gasteiger partial charge in [-0.25, -0.2) is 0 Å². The Morgan fingerprint density at radius 2 is 2.00 bits per heavy atom. The summed E-state index contributed by atoms with van der Waals surface area (Å²) in [5.74, 6) is 0.865. The smallest absolute Gasteiger partial charge is 0.182 e. The van der Waals surface area contributed by atoms with Gasteiger partial charge in [-0.1, -0.05) is 0 Å². The molecule has 0 amide bonds. The number of nitrogens with zero attached hydrogens (tertiary/aromatic N) is 4. The summed E-state index contributed by atoms with van der Waals surface area (Å²) in [4.78, 5) is 8.57. The fourth-order valence-electron chi connectivity index (χ4n) is 2.86. The summed E-state index contributed by atoms with van der Waals surface area (Å²) in [6.07, 6.45) is 4.09. The number of hydrogen-bond acceptors (Lipinski definition) is 6. The van der Waals surface area contributed by atoms with Crippen LogP contribution in [-0.2, 0) is 0 Å². The second kappa shape index (κ2) is 6.83. The molecular formula is C19H17N5O2. The van der Waals surface area contributed by atoms with Gasteiger partial charge in [-0.2, -0.15) is 10.5 Å². The van der Waals surface area contributed by atoms with E-state index in [-0.39, 0.29) is 0 Å². The Morgan fingerprint density at radius 3 is 2.65 bits per heavy atom. The first-order valence-electron chi connectivity index (χ1n) is 8.00. The molecular weight excluding hydrogens is 330 g/mol. The Morgan fingerprint density at radius 1 is 1.27 bits per heavy atom. The number of benzene rings is 1. The number of aromatic nitrogens is 1. The van der Waals surface area contributed by atoms with Gasteiger partial charge >= 0.3 is 0 Å². The Labute approximate surface area is 151 Å². The predicted octanol–water partition coefficient (Wildman–Crippen LogP) is 2.04. The van der Waals surface area contributed by atoms with Crippen molar-refractivity contribution in [1.82, 2.24) is 10.3 Å². The van der Waals surface area contributed by atoms with E-state index >= 15 is 0 Å². The first-order chi connectivity index (χ1) is 12.5. The summed E-state index contributed by atoms with van der Waals surface area (Å²) in [5.41, 5.74) is 0.821. The maximum Gasteiger partial charge on any atom is 0.182 e. The van der Waals surface area contributed by atoms with Gasteiger partial charge in [-0.3, -0.25) is 15.3 Å². The largest absolute Gasteiger partial charge is 0.485 e. The van der Waals surface area contributed by atoms with Crippen LogP contribution in [0, 0.1) is 22.8 Å². The lowest BCUT2D eigenvalue weighted by Gasteiger charge is -2.40. The Balaban J connectivity index is 2.15. The fourth-order valence-corrected chi connectivity index (χ4v) is 2.86. The van der Waals surface area contributed by atoms with Crippen LogP contribution in [0.15, 0.2) is 47.7 Å². The molecule has 3 rings (SSSR count). The first kappa shape index (κ1) is 17.4. The van der Waals surface area contributed by atoms with Crippen molar-refractivity contribution in [3.8, 4) is 18.0 Å². The Hall–Kier alpha value is -3.42. The van der Waals surface area contributed by atoms with Crippen LogP contribution >= 0.6 is 0 Å². The molecule has 2 atom stereocenters. The van der Waals surface area contributed by atoms with Crippen molar-refractivity contribution in [3.05, 3.63) is 59.4 Å². The number of nitriles is 2. The van der Waals surface area contributed by atoms with Crippen molar-refractivity contribution < 1.29 is 9.84 Å².